The second-order valence-electron chi connectivity index (χ2n) is 20.3. The summed E-state index contributed by atoms with van der Waals surface area (Å²) >= 11 is 3.06. The number of phenols is 2. The molecular formula is C68H62N2O8S2. The number of methoxy groups -OCH3 is 2. The van der Waals surface area contributed by atoms with Gasteiger partial charge in [-0.05, 0) is 181 Å². The molecule has 0 spiro atoms. The van der Waals surface area contributed by atoms with E-state index in [1.54, 1.807) is 68.0 Å². The minimum atomic E-state index is -0.0872. The average molecular weight is 1100 g/mol. The van der Waals surface area contributed by atoms with Crippen LogP contribution in [0.4, 0.5) is 0 Å². The fourth-order valence-electron chi connectivity index (χ4n) is 10.6. The second kappa shape index (κ2) is 24.8. The van der Waals surface area contributed by atoms with Crippen LogP contribution < -0.4 is 18.9 Å². The van der Waals surface area contributed by atoms with E-state index in [9.17, 15) is 19.8 Å². The Morgan fingerprint density at radius 3 is 1.29 bits per heavy atom. The van der Waals surface area contributed by atoms with Gasteiger partial charge in [-0.1, -0.05) is 60.7 Å². The van der Waals surface area contributed by atoms with Gasteiger partial charge in [0.05, 0.1) is 14.2 Å². The van der Waals surface area contributed by atoms with Gasteiger partial charge < -0.3 is 29.2 Å². The van der Waals surface area contributed by atoms with Crippen molar-refractivity contribution in [3.05, 3.63) is 228 Å². The number of likely N-dealkylation sites (tertiary alicyclic amines) is 2. The Morgan fingerprint density at radius 2 is 0.838 bits per heavy atom. The summed E-state index contributed by atoms with van der Waals surface area (Å²) in [4.78, 5) is 34.5. The highest BCUT2D eigenvalue weighted by molar-refractivity contribution is 7.23. The zero-order valence-corrected chi connectivity index (χ0v) is 46.4. The number of benzene rings is 8. The molecule has 404 valence electrons. The Labute approximate surface area is 474 Å². The molecule has 2 aliphatic rings. The fraction of sp³-hybridized carbons (Fsp3) is 0.206. The first-order valence-electron chi connectivity index (χ1n) is 27.1. The van der Waals surface area contributed by atoms with Crippen molar-refractivity contribution in [1.29, 1.82) is 0 Å². The van der Waals surface area contributed by atoms with Crippen LogP contribution in [0, 0.1) is 0 Å². The first-order chi connectivity index (χ1) is 39.1. The number of ketones is 2. The fourth-order valence-corrected chi connectivity index (χ4v) is 13.1. The van der Waals surface area contributed by atoms with Gasteiger partial charge in [-0.15, -0.1) is 22.7 Å². The predicted octanol–water partition coefficient (Wildman–Crippen LogP) is 15.1. The van der Waals surface area contributed by atoms with Gasteiger partial charge in [-0.2, -0.15) is 0 Å². The van der Waals surface area contributed by atoms with Crippen molar-refractivity contribution in [2.75, 3.05) is 40.4 Å². The van der Waals surface area contributed by atoms with Crippen molar-refractivity contribution >= 4 is 54.4 Å². The first kappa shape index (κ1) is 53.7. The Hall–Kier alpha value is -8.26. The van der Waals surface area contributed by atoms with Gasteiger partial charge in [0.1, 0.15) is 46.7 Å². The lowest BCUT2D eigenvalue weighted by molar-refractivity contribution is 0.0965. The lowest BCUT2D eigenvalue weighted by atomic mass is 9.97. The van der Waals surface area contributed by atoms with Gasteiger partial charge in [0, 0.05) is 91.4 Å². The van der Waals surface area contributed by atoms with E-state index in [1.807, 2.05) is 97.1 Å². The summed E-state index contributed by atoms with van der Waals surface area (Å²) in [5.41, 5.74) is 7.02. The summed E-state index contributed by atoms with van der Waals surface area (Å²) in [5.74, 6) is 3.36. The number of ether oxygens (including phenoxy) is 4. The highest BCUT2D eigenvalue weighted by Gasteiger charge is 2.26. The lowest BCUT2D eigenvalue weighted by Gasteiger charge is -2.32. The summed E-state index contributed by atoms with van der Waals surface area (Å²) in [6, 6.07) is 61.8. The number of carbonyl (C=O) groups excluding carboxylic acids is 2. The van der Waals surface area contributed by atoms with Crippen LogP contribution in [0.15, 0.2) is 194 Å². The largest absolute Gasteiger partial charge is 0.508 e. The molecule has 2 N–H and O–H groups in total. The van der Waals surface area contributed by atoms with Crippen LogP contribution in [0.5, 0.6) is 34.5 Å². The van der Waals surface area contributed by atoms with Gasteiger partial charge in [0.2, 0.25) is 0 Å². The van der Waals surface area contributed by atoms with Crippen LogP contribution in [-0.2, 0) is 13.1 Å². The molecule has 10 aromatic rings. The van der Waals surface area contributed by atoms with Crippen LogP contribution in [0.1, 0.15) is 68.7 Å². The van der Waals surface area contributed by atoms with E-state index in [1.165, 1.54) is 22.5 Å². The smallest absolute Gasteiger partial charge is 0.195 e. The number of piperidine rings is 2. The number of aromatic hydroxyl groups is 2. The zero-order valence-electron chi connectivity index (χ0n) is 44.8. The number of rotatable bonds is 16. The molecule has 0 aliphatic carbocycles. The minimum Gasteiger partial charge on any atom is -0.508 e. The normalized spacial score (nSPS) is 14.3. The van der Waals surface area contributed by atoms with Gasteiger partial charge >= 0.3 is 0 Å². The molecule has 0 bridgehead atoms. The predicted molar refractivity (Wildman–Crippen MR) is 321 cm³/mol. The zero-order chi connectivity index (χ0) is 55.0. The Morgan fingerprint density at radius 1 is 0.450 bits per heavy atom. The standard InChI is InChI=1S/C35H33NO4S.C33H29NO4S/c1-38-27-12-10-26(11-13-27)35-33(31-17-16-30(39-2)22-32(31)41-35)34(37)25-8-14-28(15-9-25)40-29-18-20-36(21-19-29)23-24-6-4-3-5-7-24;35-25-10-6-24(7-11-25)33-31(29-15-12-26(36)20-30(29)39-33)32(37)23-8-13-27(14-9-23)38-28-16-18-34(19-17-28)21-22-4-2-1-3-5-22/h3-17,22,29H,18-21,23H2,1-2H3;1-15,20,28,35-36H,16-19,21H2. The van der Waals surface area contributed by atoms with Crippen LogP contribution in [0.3, 0.4) is 0 Å². The molecule has 0 unspecified atom stereocenters. The van der Waals surface area contributed by atoms with Crippen molar-refractivity contribution in [2.24, 2.45) is 0 Å². The lowest BCUT2D eigenvalue weighted by Crippen LogP contribution is -2.37. The first-order valence-corrected chi connectivity index (χ1v) is 28.7. The Balaban J connectivity index is 0.000000169. The maximum Gasteiger partial charge on any atom is 0.195 e. The molecule has 10 nitrogen and oxygen atoms in total. The molecule has 0 saturated carbocycles. The third-order valence-corrected chi connectivity index (χ3v) is 17.3. The van der Waals surface area contributed by atoms with E-state index in [0.29, 0.717) is 22.3 Å². The van der Waals surface area contributed by atoms with Gasteiger partial charge in [0.15, 0.2) is 11.6 Å². The van der Waals surface area contributed by atoms with Crippen LogP contribution in [0.2, 0.25) is 0 Å². The van der Waals surface area contributed by atoms with E-state index in [-0.39, 0.29) is 35.3 Å². The number of phenolic OH excluding ortho intramolecular Hbond substituents is 2. The van der Waals surface area contributed by atoms with E-state index in [4.69, 9.17) is 18.9 Å². The molecule has 12 rings (SSSR count). The molecule has 2 fully saturated rings. The summed E-state index contributed by atoms with van der Waals surface area (Å²) in [5, 5.41) is 21.5. The van der Waals surface area contributed by atoms with Crippen molar-refractivity contribution < 1.29 is 38.7 Å². The summed E-state index contributed by atoms with van der Waals surface area (Å²) < 4.78 is 25.2. The third kappa shape index (κ3) is 12.6. The number of thiophene rings is 2. The van der Waals surface area contributed by atoms with Crippen molar-refractivity contribution in [3.63, 3.8) is 0 Å². The van der Waals surface area contributed by atoms with Crippen molar-refractivity contribution in [2.45, 2.75) is 51.0 Å². The minimum absolute atomic E-state index is 0.00648. The number of hydrogen-bond acceptors (Lipinski definition) is 12. The van der Waals surface area contributed by atoms with Crippen LogP contribution in [0.25, 0.3) is 41.1 Å². The van der Waals surface area contributed by atoms with Crippen LogP contribution >= 0.6 is 22.7 Å². The molecule has 0 radical (unpaired) electrons. The molecule has 2 saturated heterocycles. The highest BCUT2D eigenvalue weighted by Crippen LogP contribution is 2.43. The van der Waals surface area contributed by atoms with Gasteiger partial charge in [-0.25, -0.2) is 0 Å². The molecular weight excluding hydrogens is 1040 g/mol. The average Bonchev–Trinajstić information content (AvgIpc) is 4.18. The Kier molecular flexibility index (Phi) is 16.7. The molecule has 4 heterocycles. The van der Waals surface area contributed by atoms with E-state index in [2.05, 4.69) is 64.4 Å². The number of hydrogen-bond donors (Lipinski definition) is 2. The maximum atomic E-state index is 14.0. The molecule has 80 heavy (non-hydrogen) atoms. The van der Waals surface area contributed by atoms with Gasteiger partial charge in [0.25, 0.3) is 0 Å². The van der Waals surface area contributed by atoms with Gasteiger partial charge in [-0.3, -0.25) is 19.4 Å². The monoisotopic (exact) mass is 1100 g/mol. The second-order valence-corrected chi connectivity index (χ2v) is 22.4. The SMILES string of the molecule is COc1ccc(-c2sc3cc(OC)ccc3c2C(=O)c2ccc(OC3CCN(Cc4ccccc4)CC3)cc2)cc1.O=C(c1ccc(OC2CCN(Cc3ccccc3)CC2)cc1)c1c(-c2ccc(O)cc2)sc2cc(O)ccc12. The molecule has 0 atom stereocenters. The summed E-state index contributed by atoms with van der Waals surface area (Å²) in [6.07, 6.45) is 4.26. The highest BCUT2D eigenvalue weighted by atomic mass is 32.1. The van der Waals surface area contributed by atoms with E-state index in [0.717, 1.165) is 129 Å². The molecule has 2 aliphatic heterocycles. The third-order valence-electron chi connectivity index (χ3n) is 14.9. The summed E-state index contributed by atoms with van der Waals surface area (Å²) in [7, 11) is 3.31. The topological polar surface area (TPSA) is 118 Å². The molecule has 8 aromatic carbocycles. The quantitative estimate of drug-likeness (QED) is 0.0906. The van der Waals surface area contributed by atoms with Crippen molar-refractivity contribution in [3.8, 4) is 55.4 Å². The molecule has 12 heteroatoms. The van der Waals surface area contributed by atoms with E-state index < -0.39 is 0 Å². The number of fused-ring (bicyclic) bond motifs is 2. The Bertz CT molecular complexity index is 3700. The van der Waals surface area contributed by atoms with Crippen molar-refractivity contribution in [1.82, 2.24) is 9.80 Å². The molecule has 2 aromatic heterocycles. The molecule has 0 amide bonds. The number of nitrogens with zero attached hydrogens (tertiary/aromatic N) is 2. The van der Waals surface area contributed by atoms with Crippen LogP contribution in [-0.4, -0.2) is 84.2 Å². The summed E-state index contributed by atoms with van der Waals surface area (Å²) in [6.45, 7) is 5.97. The maximum absolute atomic E-state index is 14.0. The van der Waals surface area contributed by atoms with E-state index >= 15 is 0 Å². The number of carbonyl (C=O) groups is 2.